The zero-order valence-corrected chi connectivity index (χ0v) is 27.9. The van der Waals surface area contributed by atoms with Crippen LogP contribution in [0.4, 0.5) is 14.6 Å². The van der Waals surface area contributed by atoms with Crippen LogP contribution in [0, 0.1) is 11.6 Å². The highest BCUT2D eigenvalue weighted by atomic mass is 35.5. The summed E-state index contributed by atoms with van der Waals surface area (Å²) in [6.45, 7) is 9.70. The molecule has 4 aromatic rings. The Morgan fingerprint density at radius 3 is 2.60 bits per heavy atom. The van der Waals surface area contributed by atoms with Gasteiger partial charge < -0.3 is 19.9 Å². The van der Waals surface area contributed by atoms with Crippen molar-refractivity contribution in [1.29, 1.82) is 0 Å². The van der Waals surface area contributed by atoms with Crippen LogP contribution in [0.1, 0.15) is 38.5 Å². The number of carbonyl (C=O) groups is 1. The summed E-state index contributed by atoms with van der Waals surface area (Å²) in [5, 5.41) is 4.47. The van der Waals surface area contributed by atoms with Crippen molar-refractivity contribution in [2.45, 2.75) is 50.1 Å². The zero-order valence-electron chi connectivity index (χ0n) is 27.2. The second-order valence-corrected chi connectivity index (χ2v) is 13.5. The SMILES string of the molecule is C1CNC1.C=CC(=O)N1CCC(N(C)c2nc(OCC34CCCN3CCC4)nc3c(F)c(-c4cccc5ccc(F)c(Cl)c45)ncc23)C1. The van der Waals surface area contributed by atoms with E-state index in [1.165, 1.54) is 31.7 Å². The van der Waals surface area contributed by atoms with Crippen LogP contribution in [-0.2, 0) is 4.79 Å². The molecular formula is C36H40ClF2N7O2. The number of benzene rings is 2. The van der Waals surface area contributed by atoms with Crippen LogP contribution in [0.25, 0.3) is 32.9 Å². The number of fused-ring (bicyclic) bond motifs is 3. The summed E-state index contributed by atoms with van der Waals surface area (Å²) in [5.74, 6) is -0.928. The van der Waals surface area contributed by atoms with E-state index in [4.69, 9.17) is 21.3 Å². The van der Waals surface area contributed by atoms with Crippen LogP contribution >= 0.6 is 11.6 Å². The maximum Gasteiger partial charge on any atom is 0.319 e. The molecule has 252 valence electrons. The first-order valence-electron chi connectivity index (χ1n) is 16.8. The van der Waals surface area contributed by atoms with Crippen molar-refractivity contribution in [3.63, 3.8) is 0 Å². The van der Waals surface area contributed by atoms with Crippen molar-refractivity contribution in [1.82, 2.24) is 30.1 Å². The standard InChI is InChI=1S/C33H33ClF2N6O2.C3H7N/c1-3-25(43)41-16-11-21(18-41)40(2)31-23-17-37-29(22-8-4-7-20-9-10-24(35)27(34)26(20)22)28(36)30(23)38-32(39-31)44-19-33-12-5-14-42(33)15-6-13-33;1-2-4-3-1/h3-4,7-10,17,21H,1,5-6,11-16,18-19H2,2H3;4H,1-3H2. The molecule has 4 fully saturated rings. The van der Waals surface area contributed by atoms with Crippen molar-refractivity contribution < 1.29 is 18.3 Å². The summed E-state index contributed by atoms with van der Waals surface area (Å²) in [4.78, 5) is 32.4. The lowest BCUT2D eigenvalue weighted by Crippen LogP contribution is -2.43. The van der Waals surface area contributed by atoms with Gasteiger partial charge in [-0.3, -0.25) is 14.7 Å². The quantitative estimate of drug-likeness (QED) is 0.239. The van der Waals surface area contributed by atoms with Crippen LogP contribution in [0.2, 0.25) is 5.02 Å². The molecular weight excluding hydrogens is 636 g/mol. The Hall–Kier alpha value is -3.93. The van der Waals surface area contributed by atoms with Gasteiger partial charge in [-0.1, -0.05) is 42.4 Å². The van der Waals surface area contributed by atoms with Crippen LogP contribution in [0.15, 0.2) is 49.2 Å². The lowest BCUT2D eigenvalue weighted by molar-refractivity contribution is -0.125. The van der Waals surface area contributed by atoms with Crippen molar-refractivity contribution in [2.75, 3.05) is 57.8 Å². The number of ether oxygens (including phenoxy) is 1. The first kappa shape index (κ1) is 32.6. The largest absolute Gasteiger partial charge is 0.461 e. The third-order valence-corrected chi connectivity index (χ3v) is 10.7. The molecule has 1 N–H and O–H groups in total. The normalized spacial score (nSPS) is 19.9. The minimum atomic E-state index is -0.673. The smallest absolute Gasteiger partial charge is 0.319 e. The number of rotatable bonds is 7. The average molecular weight is 676 g/mol. The van der Waals surface area contributed by atoms with Gasteiger partial charge in [0.15, 0.2) is 5.82 Å². The number of carbonyl (C=O) groups excluding carboxylic acids is 1. The van der Waals surface area contributed by atoms with Gasteiger partial charge in [0, 0.05) is 43.3 Å². The van der Waals surface area contributed by atoms with Gasteiger partial charge in [0.2, 0.25) is 5.91 Å². The Morgan fingerprint density at radius 1 is 1.15 bits per heavy atom. The van der Waals surface area contributed by atoms with Crippen LogP contribution in [0.5, 0.6) is 6.01 Å². The zero-order chi connectivity index (χ0) is 33.4. The van der Waals surface area contributed by atoms with Gasteiger partial charge in [0.05, 0.1) is 15.9 Å². The first-order chi connectivity index (χ1) is 23.3. The number of nitrogens with one attached hydrogen (secondary N) is 1. The van der Waals surface area contributed by atoms with Crippen LogP contribution < -0.4 is 15.0 Å². The van der Waals surface area contributed by atoms with Crippen LogP contribution in [-0.4, -0.2) is 95.2 Å². The number of aromatic nitrogens is 3. The highest BCUT2D eigenvalue weighted by Gasteiger charge is 2.45. The van der Waals surface area contributed by atoms with Gasteiger partial charge >= 0.3 is 6.01 Å². The predicted molar refractivity (Wildman–Crippen MR) is 185 cm³/mol. The number of anilines is 1. The van der Waals surface area contributed by atoms with Crippen molar-refractivity contribution in [2.24, 2.45) is 0 Å². The lowest BCUT2D eigenvalue weighted by Gasteiger charge is -2.31. The van der Waals surface area contributed by atoms with E-state index in [0.29, 0.717) is 53.7 Å². The van der Waals surface area contributed by atoms with E-state index < -0.39 is 11.6 Å². The Labute approximate surface area is 283 Å². The molecule has 2 aromatic heterocycles. The highest BCUT2D eigenvalue weighted by Crippen LogP contribution is 2.41. The number of hydrogen-bond acceptors (Lipinski definition) is 8. The molecule has 4 saturated heterocycles. The molecule has 4 aliphatic rings. The Balaban J connectivity index is 0.000000850. The van der Waals surface area contributed by atoms with E-state index in [1.807, 2.05) is 11.9 Å². The summed E-state index contributed by atoms with van der Waals surface area (Å²) in [5.41, 5.74) is 0.375. The molecule has 0 radical (unpaired) electrons. The third kappa shape index (κ3) is 5.97. The second kappa shape index (κ2) is 13.5. The maximum absolute atomic E-state index is 16.6. The molecule has 0 bridgehead atoms. The second-order valence-electron chi connectivity index (χ2n) is 13.1. The van der Waals surface area contributed by atoms with Gasteiger partial charge in [-0.25, -0.2) is 8.78 Å². The number of halogens is 3. The molecule has 1 amide bonds. The molecule has 1 unspecified atom stereocenters. The van der Waals surface area contributed by atoms with Gasteiger partial charge in [-0.15, -0.1) is 0 Å². The summed E-state index contributed by atoms with van der Waals surface area (Å²) < 4.78 is 37.5. The van der Waals surface area contributed by atoms with E-state index in [2.05, 4.69) is 26.8 Å². The van der Waals surface area contributed by atoms with E-state index in [1.54, 1.807) is 35.4 Å². The summed E-state index contributed by atoms with van der Waals surface area (Å²) in [6.07, 6.45) is 9.29. The number of pyridine rings is 1. The van der Waals surface area contributed by atoms with Gasteiger partial charge in [0.25, 0.3) is 0 Å². The molecule has 12 heteroatoms. The van der Waals surface area contributed by atoms with E-state index in [9.17, 15) is 9.18 Å². The minimum absolute atomic E-state index is 0.00817. The number of likely N-dealkylation sites (tertiary alicyclic amines) is 1. The molecule has 1 atom stereocenters. The van der Waals surface area contributed by atoms with Crippen LogP contribution in [0.3, 0.4) is 0 Å². The maximum atomic E-state index is 16.6. The molecule has 8 rings (SSSR count). The van der Waals surface area contributed by atoms with Crippen molar-refractivity contribution >= 4 is 45.0 Å². The molecule has 48 heavy (non-hydrogen) atoms. The molecule has 4 aliphatic heterocycles. The monoisotopic (exact) mass is 675 g/mol. The third-order valence-electron chi connectivity index (χ3n) is 10.4. The first-order valence-corrected chi connectivity index (χ1v) is 17.1. The number of likely N-dealkylation sites (N-methyl/N-ethyl adjacent to an activating group) is 1. The molecule has 2 aromatic carbocycles. The topological polar surface area (TPSA) is 86.7 Å². The fraction of sp³-hybridized carbons (Fsp3) is 0.444. The van der Waals surface area contributed by atoms with Gasteiger partial charge in [0.1, 0.15) is 29.5 Å². The fourth-order valence-electron chi connectivity index (χ4n) is 7.45. The van der Waals surface area contributed by atoms with E-state index >= 15 is 4.39 Å². The average Bonchev–Trinajstić information content (AvgIpc) is 3.81. The molecule has 0 aliphatic carbocycles. The Morgan fingerprint density at radius 2 is 1.90 bits per heavy atom. The van der Waals surface area contributed by atoms with Crippen molar-refractivity contribution in [3.8, 4) is 17.3 Å². The number of amides is 1. The molecule has 0 spiro atoms. The molecule has 6 heterocycles. The number of hydrogen-bond donors (Lipinski definition) is 1. The molecule has 9 nitrogen and oxygen atoms in total. The predicted octanol–water partition coefficient (Wildman–Crippen LogP) is 5.99. The molecule has 0 saturated carbocycles. The lowest BCUT2D eigenvalue weighted by atomic mass is 9.95. The van der Waals surface area contributed by atoms with Gasteiger partial charge in [-0.05, 0) is 82.2 Å². The Kier molecular flexibility index (Phi) is 9.19. The fourth-order valence-corrected chi connectivity index (χ4v) is 7.72. The summed E-state index contributed by atoms with van der Waals surface area (Å²) in [7, 11) is 1.88. The summed E-state index contributed by atoms with van der Waals surface area (Å²) in [6, 6.07) is 8.15. The Bertz CT molecular complexity index is 1860. The summed E-state index contributed by atoms with van der Waals surface area (Å²) >= 11 is 6.39. The van der Waals surface area contributed by atoms with E-state index in [-0.39, 0.29) is 39.7 Å². The van der Waals surface area contributed by atoms with Crippen molar-refractivity contribution in [3.05, 3.63) is 65.8 Å². The highest BCUT2D eigenvalue weighted by molar-refractivity contribution is 6.36. The minimum Gasteiger partial charge on any atom is -0.461 e. The van der Waals surface area contributed by atoms with Gasteiger partial charge in [-0.2, -0.15) is 9.97 Å². The number of nitrogens with zero attached hydrogens (tertiary/aromatic N) is 6. The van der Waals surface area contributed by atoms with E-state index in [0.717, 1.165) is 38.8 Å².